The summed E-state index contributed by atoms with van der Waals surface area (Å²) in [5, 5.41) is 3.25. The molecule has 0 saturated carbocycles. The molecule has 0 aliphatic carbocycles. The second-order valence-electron chi connectivity index (χ2n) is 3.43. The zero-order chi connectivity index (χ0) is 7.73. The van der Waals surface area contributed by atoms with Gasteiger partial charge < -0.3 is 10.1 Å². The summed E-state index contributed by atoms with van der Waals surface area (Å²) in [5.41, 5.74) is 0.0995. The topological polar surface area (TPSA) is 33.6 Å². The fourth-order valence-corrected chi connectivity index (χ4v) is 1.79. The largest absolute Gasteiger partial charge is 0.379 e. The summed E-state index contributed by atoms with van der Waals surface area (Å²) in [6.07, 6.45) is 2.33. The number of hydrogen-bond donors (Lipinski definition) is 1. The standard InChI is InChI=1S/C8H14N2O/c1-7-9-5-8(10-7)3-2-4-11-6-8/h2-6H2,1H3,(H,9,10). The highest BCUT2D eigenvalue weighted by molar-refractivity contribution is 5.81. The molecule has 1 spiro atoms. The molecule has 1 saturated heterocycles. The molecule has 3 nitrogen and oxygen atoms in total. The van der Waals surface area contributed by atoms with Crippen molar-refractivity contribution in [1.29, 1.82) is 0 Å². The number of amidine groups is 1. The number of rotatable bonds is 0. The van der Waals surface area contributed by atoms with E-state index in [-0.39, 0.29) is 5.54 Å². The maximum absolute atomic E-state index is 5.41. The van der Waals surface area contributed by atoms with E-state index >= 15 is 0 Å². The van der Waals surface area contributed by atoms with Crippen LogP contribution in [0.3, 0.4) is 0 Å². The SMILES string of the molecule is CC1=NC2(CCCOC2)CN1. The molecule has 0 amide bonds. The van der Waals surface area contributed by atoms with Crippen LogP contribution in [0.1, 0.15) is 19.8 Å². The third-order valence-electron chi connectivity index (χ3n) is 2.38. The fraction of sp³-hybridized carbons (Fsp3) is 0.875. The summed E-state index contributed by atoms with van der Waals surface area (Å²) in [4.78, 5) is 4.56. The summed E-state index contributed by atoms with van der Waals surface area (Å²) >= 11 is 0. The van der Waals surface area contributed by atoms with Crippen LogP contribution in [0, 0.1) is 0 Å². The Labute approximate surface area is 66.8 Å². The predicted octanol–water partition coefficient (Wildman–Crippen LogP) is 0.557. The van der Waals surface area contributed by atoms with Crippen LogP contribution in [0.15, 0.2) is 4.99 Å². The Balaban J connectivity index is 2.09. The molecule has 2 rings (SSSR count). The minimum Gasteiger partial charge on any atom is -0.379 e. The van der Waals surface area contributed by atoms with Crippen LogP contribution in [-0.2, 0) is 4.74 Å². The molecular formula is C8H14N2O. The van der Waals surface area contributed by atoms with Crippen LogP contribution in [0.25, 0.3) is 0 Å². The van der Waals surface area contributed by atoms with E-state index in [0.717, 1.165) is 32.0 Å². The van der Waals surface area contributed by atoms with Crippen molar-refractivity contribution in [3.05, 3.63) is 0 Å². The maximum Gasteiger partial charge on any atom is 0.103 e. The first kappa shape index (κ1) is 7.10. The van der Waals surface area contributed by atoms with Gasteiger partial charge in [0.05, 0.1) is 12.4 Å². The molecule has 2 heterocycles. The van der Waals surface area contributed by atoms with Crippen molar-refractivity contribution in [3.8, 4) is 0 Å². The van der Waals surface area contributed by atoms with Gasteiger partial charge in [0.1, 0.15) is 5.54 Å². The third kappa shape index (κ3) is 1.25. The molecular weight excluding hydrogens is 140 g/mol. The molecule has 0 aromatic carbocycles. The summed E-state index contributed by atoms with van der Waals surface area (Å²) in [7, 11) is 0. The molecule has 2 aliphatic heterocycles. The van der Waals surface area contributed by atoms with Gasteiger partial charge in [-0.05, 0) is 19.8 Å². The molecule has 0 aromatic rings. The zero-order valence-corrected chi connectivity index (χ0v) is 6.89. The molecule has 0 aromatic heterocycles. The monoisotopic (exact) mass is 154 g/mol. The van der Waals surface area contributed by atoms with Crippen LogP contribution >= 0.6 is 0 Å². The van der Waals surface area contributed by atoms with Gasteiger partial charge in [-0.2, -0.15) is 0 Å². The van der Waals surface area contributed by atoms with Gasteiger partial charge in [-0.15, -0.1) is 0 Å². The van der Waals surface area contributed by atoms with Crippen molar-refractivity contribution in [2.24, 2.45) is 4.99 Å². The minimum absolute atomic E-state index is 0.0995. The van der Waals surface area contributed by atoms with E-state index in [1.807, 2.05) is 6.92 Å². The second-order valence-corrected chi connectivity index (χ2v) is 3.43. The molecule has 2 aliphatic rings. The van der Waals surface area contributed by atoms with E-state index in [1.165, 1.54) is 6.42 Å². The number of nitrogens with one attached hydrogen (secondary N) is 1. The van der Waals surface area contributed by atoms with Crippen molar-refractivity contribution in [3.63, 3.8) is 0 Å². The number of ether oxygens (including phenoxy) is 1. The Morgan fingerprint density at radius 2 is 2.55 bits per heavy atom. The van der Waals surface area contributed by atoms with E-state index in [0.29, 0.717) is 0 Å². The Bertz CT molecular complexity index is 183. The molecule has 0 radical (unpaired) electrons. The van der Waals surface area contributed by atoms with E-state index in [4.69, 9.17) is 4.74 Å². The fourth-order valence-electron chi connectivity index (χ4n) is 1.79. The van der Waals surface area contributed by atoms with Gasteiger partial charge in [0.2, 0.25) is 0 Å². The van der Waals surface area contributed by atoms with Gasteiger partial charge in [0.25, 0.3) is 0 Å². The van der Waals surface area contributed by atoms with Gasteiger partial charge in [0.15, 0.2) is 0 Å². The third-order valence-corrected chi connectivity index (χ3v) is 2.38. The quantitative estimate of drug-likeness (QED) is 0.553. The highest BCUT2D eigenvalue weighted by Gasteiger charge is 2.35. The molecule has 1 atom stereocenters. The van der Waals surface area contributed by atoms with Crippen LogP contribution in [-0.4, -0.2) is 31.1 Å². The summed E-state index contributed by atoms with van der Waals surface area (Å²) < 4.78 is 5.41. The van der Waals surface area contributed by atoms with Crippen molar-refractivity contribution >= 4 is 5.84 Å². The summed E-state index contributed by atoms with van der Waals surface area (Å²) in [6, 6.07) is 0. The molecule has 1 N–H and O–H groups in total. The van der Waals surface area contributed by atoms with Crippen LogP contribution in [0.2, 0.25) is 0 Å². The predicted molar refractivity (Wildman–Crippen MR) is 43.9 cm³/mol. The molecule has 0 bridgehead atoms. The molecule has 62 valence electrons. The number of hydrogen-bond acceptors (Lipinski definition) is 3. The summed E-state index contributed by atoms with van der Waals surface area (Å²) in [6.45, 7) is 4.70. The van der Waals surface area contributed by atoms with Crippen molar-refractivity contribution in [2.45, 2.75) is 25.3 Å². The minimum atomic E-state index is 0.0995. The van der Waals surface area contributed by atoms with Gasteiger partial charge in [-0.3, -0.25) is 4.99 Å². The van der Waals surface area contributed by atoms with E-state index in [2.05, 4.69) is 10.3 Å². The Morgan fingerprint density at radius 1 is 1.64 bits per heavy atom. The first-order valence-corrected chi connectivity index (χ1v) is 4.19. The number of nitrogens with zero attached hydrogens (tertiary/aromatic N) is 1. The number of aliphatic imine (C=N–C) groups is 1. The lowest BCUT2D eigenvalue weighted by Crippen LogP contribution is -2.40. The molecule has 11 heavy (non-hydrogen) atoms. The highest BCUT2D eigenvalue weighted by atomic mass is 16.5. The Morgan fingerprint density at radius 3 is 3.09 bits per heavy atom. The Hall–Kier alpha value is -0.570. The first-order chi connectivity index (χ1) is 5.31. The van der Waals surface area contributed by atoms with Crippen molar-refractivity contribution in [1.82, 2.24) is 5.32 Å². The lowest BCUT2D eigenvalue weighted by Gasteiger charge is -2.29. The van der Waals surface area contributed by atoms with Gasteiger partial charge in [0, 0.05) is 13.2 Å². The lowest BCUT2D eigenvalue weighted by molar-refractivity contribution is 0.0446. The van der Waals surface area contributed by atoms with Crippen molar-refractivity contribution in [2.75, 3.05) is 19.8 Å². The smallest absolute Gasteiger partial charge is 0.103 e. The normalized spacial score (nSPS) is 37.0. The van der Waals surface area contributed by atoms with Crippen molar-refractivity contribution < 1.29 is 4.74 Å². The molecule has 3 heteroatoms. The lowest BCUT2D eigenvalue weighted by atomic mass is 9.94. The van der Waals surface area contributed by atoms with Gasteiger partial charge >= 0.3 is 0 Å². The van der Waals surface area contributed by atoms with Gasteiger partial charge in [-0.1, -0.05) is 0 Å². The van der Waals surface area contributed by atoms with E-state index in [9.17, 15) is 0 Å². The Kier molecular flexibility index (Phi) is 1.60. The van der Waals surface area contributed by atoms with Crippen LogP contribution in [0.4, 0.5) is 0 Å². The van der Waals surface area contributed by atoms with Crippen LogP contribution < -0.4 is 5.32 Å². The zero-order valence-electron chi connectivity index (χ0n) is 6.89. The molecule has 1 fully saturated rings. The van der Waals surface area contributed by atoms with E-state index in [1.54, 1.807) is 0 Å². The average Bonchev–Trinajstić information content (AvgIpc) is 2.34. The van der Waals surface area contributed by atoms with Gasteiger partial charge in [-0.25, -0.2) is 0 Å². The van der Waals surface area contributed by atoms with E-state index < -0.39 is 0 Å². The highest BCUT2D eigenvalue weighted by Crippen LogP contribution is 2.25. The summed E-state index contributed by atoms with van der Waals surface area (Å²) in [5.74, 6) is 1.07. The first-order valence-electron chi connectivity index (χ1n) is 4.19. The second kappa shape index (κ2) is 2.48. The van der Waals surface area contributed by atoms with Crippen LogP contribution in [0.5, 0.6) is 0 Å². The molecule has 1 unspecified atom stereocenters. The average molecular weight is 154 g/mol. The maximum atomic E-state index is 5.41.